The van der Waals surface area contributed by atoms with Gasteiger partial charge in [-0.2, -0.15) is 0 Å². The summed E-state index contributed by atoms with van der Waals surface area (Å²) in [6.07, 6.45) is 0.733. The summed E-state index contributed by atoms with van der Waals surface area (Å²) in [6, 6.07) is 7.97. The Morgan fingerprint density at radius 2 is 2.00 bits per heavy atom. The average molecular weight is 265 g/mol. The first-order chi connectivity index (χ1) is 8.99. The Labute approximate surface area is 112 Å². The zero-order valence-electron chi connectivity index (χ0n) is 11.2. The first-order valence-corrected chi connectivity index (χ1v) is 6.12. The highest BCUT2D eigenvalue weighted by Gasteiger charge is 2.10. The van der Waals surface area contributed by atoms with E-state index in [0.717, 1.165) is 6.42 Å². The largest absolute Gasteiger partial charge is 0.480 e. The fourth-order valence-corrected chi connectivity index (χ4v) is 1.77. The van der Waals surface area contributed by atoms with Gasteiger partial charge in [-0.3, -0.25) is 4.79 Å². The molecule has 0 heterocycles. The Bertz CT molecular complexity index is 445. The van der Waals surface area contributed by atoms with Crippen LogP contribution in [0.1, 0.15) is 18.1 Å². The van der Waals surface area contributed by atoms with Crippen LogP contribution in [0.4, 0.5) is 0 Å². The van der Waals surface area contributed by atoms with E-state index in [1.165, 1.54) is 11.1 Å². The molecular formula is C14H19NO4. The molecule has 0 aromatic heterocycles. The van der Waals surface area contributed by atoms with Crippen LogP contribution in [0.15, 0.2) is 24.3 Å². The van der Waals surface area contributed by atoms with Gasteiger partial charge in [0.1, 0.15) is 13.2 Å². The van der Waals surface area contributed by atoms with Gasteiger partial charge < -0.3 is 15.2 Å². The number of nitrogens with one attached hydrogen (secondary N) is 1. The van der Waals surface area contributed by atoms with Gasteiger partial charge in [-0.05, 0) is 31.4 Å². The number of carbonyl (C=O) groups is 2. The summed E-state index contributed by atoms with van der Waals surface area (Å²) in [5.41, 5.74) is 2.37. The van der Waals surface area contributed by atoms with Crippen LogP contribution in [0.3, 0.4) is 0 Å². The molecule has 0 radical (unpaired) electrons. The van der Waals surface area contributed by atoms with Crippen molar-refractivity contribution in [3.63, 3.8) is 0 Å². The van der Waals surface area contributed by atoms with Gasteiger partial charge in [0.05, 0.1) is 0 Å². The monoisotopic (exact) mass is 265 g/mol. The summed E-state index contributed by atoms with van der Waals surface area (Å²) in [6.45, 7) is 3.24. The summed E-state index contributed by atoms with van der Waals surface area (Å²) < 4.78 is 4.72. The number of carbonyl (C=O) groups excluding carboxylic acids is 1. The highest BCUT2D eigenvalue weighted by atomic mass is 16.5. The molecule has 19 heavy (non-hydrogen) atoms. The van der Waals surface area contributed by atoms with Crippen LogP contribution < -0.4 is 5.32 Å². The molecule has 0 aliphatic carbocycles. The second-order valence-corrected chi connectivity index (χ2v) is 4.49. The van der Waals surface area contributed by atoms with Crippen molar-refractivity contribution in [1.29, 1.82) is 0 Å². The summed E-state index contributed by atoms with van der Waals surface area (Å²) in [5.74, 6) is -1.39. The Morgan fingerprint density at radius 3 is 2.63 bits per heavy atom. The number of aliphatic carboxylic acids is 1. The summed E-state index contributed by atoms with van der Waals surface area (Å²) in [7, 11) is 0. The highest BCUT2D eigenvalue weighted by molar-refractivity contribution is 5.78. The predicted molar refractivity (Wildman–Crippen MR) is 70.9 cm³/mol. The van der Waals surface area contributed by atoms with Crippen molar-refractivity contribution in [1.82, 2.24) is 5.32 Å². The van der Waals surface area contributed by atoms with E-state index in [1.54, 1.807) is 0 Å². The van der Waals surface area contributed by atoms with Crippen molar-refractivity contribution < 1.29 is 19.4 Å². The Kier molecular flexibility index (Phi) is 6.02. The molecule has 5 heteroatoms. The fraction of sp³-hybridized carbons (Fsp3) is 0.429. The molecule has 2 N–H and O–H groups in total. The number of amides is 1. The molecule has 0 fully saturated rings. The molecular weight excluding hydrogens is 246 g/mol. The lowest BCUT2D eigenvalue weighted by atomic mass is 10.0. The number of rotatable bonds is 7. The lowest BCUT2D eigenvalue weighted by Gasteiger charge is -2.15. The van der Waals surface area contributed by atoms with Gasteiger partial charge in [0, 0.05) is 6.04 Å². The van der Waals surface area contributed by atoms with Gasteiger partial charge in [-0.25, -0.2) is 4.79 Å². The third-order valence-electron chi connectivity index (χ3n) is 2.65. The molecule has 5 nitrogen and oxygen atoms in total. The lowest BCUT2D eigenvalue weighted by molar-refractivity contribution is -0.143. The molecule has 0 aliphatic heterocycles. The molecule has 1 unspecified atom stereocenters. The number of ether oxygens (including phenoxy) is 1. The Morgan fingerprint density at radius 1 is 1.32 bits per heavy atom. The maximum Gasteiger partial charge on any atom is 0.329 e. The summed E-state index contributed by atoms with van der Waals surface area (Å²) in [5, 5.41) is 11.1. The standard InChI is InChI=1S/C14H19NO4/c1-10-5-3-4-6-12(10)7-11(2)15-13(16)8-19-9-14(17)18/h3-6,11H,7-9H2,1-2H3,(H,15,16)(H,17,18). The molecule has 104 valence electrons. The minimum atomic E-state index is -1.08. The van der Waals surface area contributed by atoms with Gasteiger partial charge in [-0.1, -0.05) is 24.3 Å². The van der Waals surface area contributed by atoms with Gasteiger partial charge in [-0.15, -0.1) is 0 Å². The third kappa shape index (κ3) is 6.01. The molecule has 0 spiro atoms. The molecule has 0 saturated carbocycles. The summed E-state index contributed by atoms with van der Waals surface area (Å²) in [4.78, 5) is 21.7. The van der Waals surface area contributed by atoms with Gasteiger partial charge in [0.2, 0.25) is 5.91 Å². The molecule has 1 aromatic rings. The molecule has 0 saturated heterocycles. The molecule has 1 aromatic carbocycles. The number of benzene rings is 1. The van der Waals surface area contributed by atoms with Crippen LogP contribution in [0, 0.1) is 6.92 Å². The number of aryl methyl sites for hydroxylation is 1. The first-order valence-electron chi connectivity index (χ1n) is 6.12. The van der Waals surface area contributed by atoms with E-state index in [9.17, 15) is 9.59 Å². The highest BCUT2D eigenvalue weighted by Crippen LogP contribution is 2.09. The smallest absolute Gasteiger partial charge is 0.329 e. The first kappa shape index (κ1) is 15.2. The van der Waals surface area contributed by atoms with Crippen LogP contribution in [0.25, 0.3) is 0 Å². The van der Waals surface area contributed by atoms with E-state index in [-0.39, 0.29) is 18.6 Å². The van der Waals surface area contributed by atoms with Crippen LogP contribution in [-0.2, 0) is 20.7 Å². The van der Waals surface area contributed by atoms with Crippen molar-refractivity contribution in [2.75, 3.05) is 13.2 Å². The number of carboxylic acid groups (broad SMARTS) is 1. The van der Waals surface area contributed by atoms with Crippen LogP contribution in [0.2, 0.25) is 0 Å². The SMILES string of the molecule is Cc1ccccc1CC(C)NC(=O)COCC(=O)O. The second-order valence-electron chi connectivity index (χ2n) is 4.49. The van der Waals surface area contributed by atoms with Crippen molar-refractivity contribution in [2.24, 2.45) is 0 Å². The van der Waals surface area contributed by atoms with Gasteiger partial charge in [0.25, 0.3) is 0 Å². The summed E-state index contributed by atoms with van der Waals surface area (Å²) >= 11 is 0. The third-order valence-corrected chi connectivity index (χ3v) is 2.65. The second kappa shape index (κ2) is 7.53. The number of hydrogen-bond donors (Lipinski definition) is 2. The van der Waals surface area contributed by atoms with Crippen LogP contribution >= 0.6 is 0 Å². The Balaban J connectivity index is 2.34. The maximum atomic E-state index is 11.5. The zero-order chi connectivity index (χ0) is 14.3. The normalized spacial score (nSPS) is 11.9. The van der Waals surface area contributed by atoms with Gasteiger partial charge >= 0.3 is 5.97 Å². The molecule has 0 bridgehead atoms. The van der Waals surface area contributed by atoms with E-state index in [4.69, 9.17) is 9.84 Å². The van der Waals surface area contributed by atoms with Crippen molar-refractivity contribution in [3.05, 3.63) is 35.4 Å². The van der Waals surface area contributed by atoms with E-state index >= 15 is 0 Å². The van der Waals surface area contributed by atoms with E-state index in [0.29, 0.717) is 0 Å². The van der Waals surface area contributed by atoms with E-state index in [2.05, 4.69) is 5.32 Å². The Hall–Kier alpha value is -1.88. The van der Waals surface area contributed by atoms with Crippen molar-refractivity contribution in [3.8, 4) is 0 Å². The maximum absolute atomic E-state index is 11.5. The molecule has 1 amide bonds. The van der Waals surface area contributed by atoms with E-state index < -0.39 is 12.6 Å². The van der Waals surface area contributed by atoms with Gasteiger partial charge in [0.15, 0.2) is 0 Å². The minimum absolute atomic E-state index is 0.0259. The van der Waals surface area contributed by atoms with Crippen molar-refractivity contribution in [2.45, 2.75) is 26.3 Å². The quantitative estimate of drug-likeness (QED) is 0.775. The fourth-order valence-electron chi connectivity index (χ4n) is 1.77. The molecule has 1 rings (SSSR count). The van der Waals surface area contributed by atoms with Crippen LogP contribution in [-0.4, -0.2) is 36.2 Å². The van der Waals surface area contributed by atoms with Crippen LogP contribution in [0.5, 0.6) is 0 Å². The topological polar surface area (TPSA) is 75.6 Å². The number of hydrogen-bond acceptors (Lipinski definition) is 3. The molecule has 0 aliphatic rings. The molecule has 1 atom stereocenters. The average Bonchev–Trinajstić information content (AvgIpc) is 2.31. The minimum Gasteiger partial charge on any atom is -0.480 e. The zero-order valence-corrected chi connectivity index (χ0v) is 11.2. The van der Waals surface area contributed by atoms with E-state index in [1.807, 2.05) is 38.1 Å². The number of carboxylic acids is 1. The predicted octanol–water partition coefficient (Wildman–Crippen LogP) is 1.14. The van der Waals surface area contributed by atoms with Crippen molar-refractivity contribution >= 4 is 11.9 Å². The lowest BCUT2D eigenvalue weighted by Crippen LogP contribution is -2.37.